The minimum absolute atomic E-state index is 0. The van der Waals surface area contributed by atoms with Crippen molar-refractivity contribution < 1.29 is 60.7 Å². The van der Waals surface area contributed by atoms with Crippen molar-refractivity contribution in [3.05, 3.63) is 30.3 Å². The normalized spacial score (nSPS) is 7.92. The molecular weight excluding hydrogens is 199 g/mol. The fourth-order valence-corrected chi connectivity index (χ4v) is 0.420. The van der Waals surface area contributed by atoms with Gasteiger partial charge < -0.3 is 5.11 Å². The summed E-state index contributed by atoms with van der Waals surface area (Å²) >= 11 is 0. The van der Waals surface area contributed by atoms with Crippen molar-refractivity contribution in [3.8, 4) is 5.75 Å². The van der Waals surface area contributed by atoms with Crippen molar-refractivity contribution in [2.24, 2.45) is 0 Å². The van der Waals surface area contributed by atoms with Crippen molar-refractivity contribution >= 4 is 10.8 Å². The molecule has 0 atom stereocenters. The monoisotopic (exact) mass is 210 g/mol. The van der Waals surface area contributed by atoms with Gasteiger partial charge in [0.1, 0.15) is 0 Å². The number of rotatable bonds is 0. The zero-order valence-corrected chi connectivity index (χ0v) is 11.6. The third-order valence-electron chi connectivity index (χ3n) is 0.743. The third-order valence-corrected chi connectivity index (χ3v) is 0.743. The summed E-state index contributed by atoms with van der Waals surface area (Å²) in [5, 5.41) is 10.3. The average molecular weight is 210 g/mol. The second-order valence-electron chi connectivity index (χ2n) is 2.05. The largest absolute Gasteiger partial charge is 1.00 e. The van der Waals surface area contributed by atoms with E-state index in [0.717, 1.165) is 0 Å². The van der Waals surface area contributed by atoms with Gasteiger partial charge in [-0.1, -0.05) is 30.3 Å². The van der Waals surface area contributed by atoms with Crippen LogP contribution in [0.5, 0.6) is 5.75 Å². The van der Waals surface area contributed by atoms with E-state index in [0.29, 0.717) is 0 Å². The molecule has 0 aliphatic carbocycles. The Labute approximate surface area is 118 Å². The van der Waals surface area contributed by atoms with Crippen molar-refractivity contribution in [1.29, 1.82) is 0 Å². The van der Waals surface area contributed by atoms with E-state index < -0.39 is 10.8 Å². The Morgan fingerprint density at radius 1 is 1.17 bits per heavy atom. The van der Waals surface area contributed by atoms with Crippen LogP contribution in [0.3, 0.4) is 0 Å². The van der Waals surface area contributed by atoms with Gasteiger partial charge in [-0.05, 0) is 0 Å². The van der Waals surface area contributed by atoms with Crippen LogP contribution >= 0.6 is 0 Å². The molecule has 1 aromatic rings. The van der Waals surface area contributed by atoms with Crippen LogP contribution in [0.2, 0.25) is 0 Å². The molecular formula is C8H11KO2S. The summed E-state index contributed by atoms with van der Waals surface area (Å²) < 4.78 is 9.56. The zero-order chi connectivity index (χ0) is 8.69. The van der Waals surface area contributed by atoms with Crippen LogP contribution in [0.15, 0.2) is 30.3 Å². The predicted molar refractivity (Wildman–Crippen MR) is 45.9 cm³/mol. The first kappa shape index (κ1) is 15.3. The quantitative estimate of drug-likeness (QED) is 0.454. The standard InChI is InChI=1S/C6H6O.C2H6OS.K/c7-6-4-2-1-3-5-6;1-4(2)3;/h1-5,7H;1-2H3;/q;;+1/p-1. The minimum Gasteiger partial charge on any atom is -0.872 e. The smallest absolute Gasteiger partial charge is 0.872 e. The van der Waals surface area contributed by atoms with Crippen molar-refractivity contribution in [2.75, 3.05) is 12.5 Å². The number of benzene rings is 1. The molecule has 0 unspecified atom stereocenters. The zero-order valence-electron chi connectivity index (χ0n) is 7.61. The fourth-order valence-electron chi connectivity index (χ4n) is 0.420. The van der Waals surface area contributed by atoms with Crippen LogP contribution in [0.25, 0.3) is 0 Å². The van der Waals surface area contributed by atoms with Gasteiger partial charge in [-0.15, -0.1) is 5.75 Å². The molecule has 0 saturated carbocycles. The Morgan fingerprint density at radius 3 is 1.67 bits per heavy atom. The van der Waals surface area contributed by atoms with E-state index in [-0.39, 0.29) is 57.1 Å². The molecule has 1 rings (SSSR count). The van der Waals surface area contributed by atoms with E-state index >= 15 is 0 Å². The average Bonchev–Trinajstić information content (AvgIpc) is 1.87. The van der Waals surface area contributed by atoms with E-state index in [1.165, 1.54) is 12.1 Å². The molecule has 12 heavy (non-hydrogen) atoms. The van der Waals surface area contributed by atoms with Crippen LogP contribution in [-0.4, -0.2) is 16.7 Å². The second kappa shape index (κ2) is 9.89. The van der Waals surface area contributed by atoms with Gasteiger partial charge in [-0.3, -0.25) is 4.21 Å². The van der Waals surface area contributed by atoms with Gasteiger partial charge in [0.2, 0.25) is 0 Å². The van der Waals surface area contributed by atoms with Crippen LogP contribution in [0, 0.1) is 0 Å². The molecule has 62 valence electrons. The van der Waals surface area contributed by atoms with E-state index in [2.05, 4.69) is 0 Å². The molecule has 0 fully saturated rings. The Kier molecular flexibility index (Phi) is 12.6. The summed E-state index contributed by atoms with van der Waals surface area (Å²) in [6.07, 6.45) is 3.28. The number of hydrogen-bond acceptors (Lipinski definition) is 2. The van der Waals surface area contributed by atoms with Gasteiger partial charge in [0.05, 0.1) is 0 Å². The van der Waals surface area contributed by atoms with Gasteiger partial charge in [0.25, 0.3) is 0 Å². The van der Waals surface area contributed by atoms with Gasteiger partial charge in [-0.25, -0.2) is 0 Å². The Balaban J connectivity index is 0. The Hall–Kier alpha value is 0.806. The summed E-state index contributed by atoms with van der Waals surface area (Å²) in [5.41, 5.74) is 0. The fraction of sp³-hybridized carbons (Fsp3) is 0.250. The SMILES string of the molecule is CS(C)=O.[K+].[O-]c1ccccc1. The molecule has 0 amide bonds. The summed E-state index contributed by atoms with van der Waals surface area (Å²) in [6.45, 7) is 0. The Morgan fingerprint density at radius 2 is 1.50 bits per heavy atom. The number of para-hydroxylation sites is 1. The van der Waals surface area contributed by atoms with Crippen molar-refractivity contribution in [2.45, 2.75) is 0 Å². The second-order valence-corrected chi connectivity index (χ2v) is 3.54. The Bertz CT molecular complexity index is 210. The molecule has 0 heterocycles. The first-order valence-electron chi connectivity index (χ1n) is 3.10. The molecule has 4 heteroatoms. The molecule has 0 bridgehead atoms. The molecule has 1 aromatic carbocycles. The van der Waals surface area contributed by atoms with Crippen LogP contribution in [0.4, 0.5) is 0 Å². The minimum atomic E-state index is -0.611. The maximum atomic E-state index is 10.3. The van der Waals surface area contributed by atoms with Gasteiger partial charge in [0, 0.05) is 23.3 Å². The molecule has 0 aliphatic heterocycles. The van der Waals surface area contributed by atoms with E-state index in [4.69, 9.17) is 0 Å². The summed E-state index contributed by atoms with van der Waals surface area (Å²) in [5.74, 6) is 0.0718. The predicted octanol–water partition coefficient (Wildman–Crippen LogP) is -2.24. The molecule has 0 saturated heterocycles. The number of hydrogen-bond donors (Lipinski definition) is 0. The van der Waals surface area contributed by atoms with E-state index in [9.17, 15) is 9.32 Å². The molecule has 0 spiro atoms. The van der Waals surface area contributed by atoms with Crippen LogP contribution in [0.1, 0.15) is 0 Å². The third kappa shape index (κ3) is 13.4. The van der Waals surface area contributed by atoms with Crippen molar-refractivity contribution in [3.63, 3.8) is 0 Å². The van der Waals surface area contributed by atoms with E-state index in [1.807, 2.05) is 6.07 Å². The van der Waals surface area contributed by atoms with Gasteiger partial charge in [-0.2, -0.15) is 0 Å². The van der Waals surface area contributed by atoms with Crippen LogP contribution < -0.4 is 56.5 Å². The molecule has 0 aliphatic rings. The topological polar surface area (TPSA) is 40.1 Å². The van der Waals surface area contributed by atoms with Gasteiger partial charge in [0.15, 0.2) is 0 Å². The maximum absolute atomic E-state index is 10.3. The van der Waals surface area contributed by atoms with E-state index in [1.54, 1.807) is 24.6 Å². The molecule has 2 nitrogen and oxygen atoms in total. The summed E-state index contributed by atoms with van der Waals surface area (Å²) in [4.78, 5) is 0. The van der Waals surface area contributed by atoms with Crippen LogP contribution in [-0.2, 0) is 10.8 Å². The summed E-state index contributed by atoms with van der Waals surface area (Å²) in [6, 6.07) is 8.33. The first-order chi connectivity index (χ1) is 5.13. The first-order valence-corrected chi connectivity index (χ1v) is 5.06. The molecule has 0 radical (unpaired) electrons. The molecule has 0 aromatic heterocycles. The molecule has 0 N–H and O–H groups in total. The summed E-state index contributed by atoms with van der Waals surface area (Å²) in [7, 11) is -0.611. The maximum Gasteiger partial charge on any atom is 1.00 e. The van der Waals surface area contributed by atoms with Gasteiger partial charge >= 0.3 is 51.4 Å². The van der Waals surface area contributed by atoms with Crippen molar-refractivity contribution in [1.82, 2.24) is 0 Å².